The largest absolute Gasteiger partial charge is 0.356 e. The van der Waals surface area contributed by atoms with Crippen molar-refractivity contribution in [3.05, 3.63) is 48.6 Å². The molecule has 1 atom stereocenters. The van der Waals surface area contributed by atoms with Crippen LogP contribution in [0.25, 0.3) is 0 Å². The lowest BCUT2D eigenvalue weighted by Gasteiger charge is -2.11. The van der Waals surface area contributed by atoms with Gasteiger partial charge in [-0.2, -0.15) is 0 Å². The van der Waals surface area contributed by atoms with Crippen LogP contribution in [0.1, 0.15) is 30.9 Å². The van der Waals surface area contributed by atoms with Crippen LogP contribution in [-0.4, -0.2) is 12.5 Å². The monoisotopic (exact) mass is 232 g/mol. The number of hydrogen-bond acceptors (Lipinski definition) is 2. The van der Waals surface area contributed by atoms with Gasteiger partial charge in [0.2, 0.25) is 5.91 Å². The summed E-state index contributed by atoms with van der Waals surface area (Å²) < 4.78 is 0. The highest BCUT2D eigenvalue weighted by Crippen LogP contribution is 2.14. The Hall–Kier alpha value is -1.61. The van der Waals surface area contributed by atoms with E-state index in [0.29, 0.717) is 19.4 Å². The van der Waals surface area contributed by atoms with Crippen molar-refractivity contribution in [1.82, 2.24) is 5.32 Å². The maximum absolute atomic E-state index is 11.5. The second kappa shape index (κ2) is 7.63. The lowest BCUT2D eigenvalue weighted by atomic mass is 10.0. The van der Waals surface area contributed by atoms with Gasteiger partial charge in [0.05, 0.1) is 0 Å². The van der Waals surface area contributed by atoms with Crippen molar-refractivity contribution in [2.24, 2.45) is 5.73 Å². The van der Waals surface area contributed by atoms with Crippen LogP contribution in [0.4, 0.5) is 0 Å². The average Bonchev–Trinajstić information content (AvgIpc) is 2.37. The molecule has 3 N–H and O–H groups in total. The van der Waals surface area contributed by atoms with Gasteiger partial charge in [0.15, 0.2) is 0 Å². The van der Waals surface area contributed by atoms with Crippen LogP contribution in [0.2, 0.25) is 0 Å². The van der Waals surface area contributed by atoms with Gasteiger partial charge in [-0.25, -0.2) is 0 Å². The van der Waals surface area contributed by atoms with E-state index in [0.717, 1.165) is 12.0 Å². The number of benzene rings is 1. The van der Waals surface area contributed by atoms with Crippen molar-refractivity contribution < 1.29 is 4.79 Å². The summed E-state index contributed by atoms with van der Waals surface area (Å²) in [6.07, 6.45) is 3.73. The van der Waals surface area contributed by atoms with Crippen LogP contribution in [0.5, 0.6) is 0 Å². The molecule has 0 aliphatic heterocycles. The third-order valence-electron chi connectivity index (χ3n) is 2.58. The first-order valence-electron chi connectivity index (χ1n) is 5.92. The van der Waals surface area contributed by atoms with Crippen molar-refractivity contribution in [2.45, 2.75) is 25.3 Å². The number of nitrogens with one attached hydrogen (secondary N) is 1. The highest BCUT2D eigenvalue weighted by atomic mass is 16.1. The minimum Gasteiger partial charge on any atom is -0.356 e. The zero-order chi connectivity index (χ0) is 12.5. The van der Waals surface area contributed by atoms with Crippen LogP contribution in [-0.2, 0) is 4.79 Å². The van der Waals surface area contributed by atoms with Crippen LogP contribution in [0, 0.1) is 0 Å². The van der Waals surface area contributed by atoms with E-state index in [1.165, 1.54) is 0 Å². The summed E-state index contributed by atoms with van der Waals surface area (Å²) in [6, 6.07) is 9.78. The highest BCUT2D eigenvalue weighted by Gasteiger charge is 2.08. The zero-order valence-electron chi connectivity index (χ0n) is 10.1. The minimum atomic E-state index is -0.0682. The predicted octanol–water partition coefficient (Wildman–Crippen LogP) is 2.16. The normalized spacial score (nSPS) is 11.8. The second-order valence-corrected chi connectivity index (χ2v) is 3.98. The summed E-state index contributed by atoms with van der Waals surface area (Å²) in [5.41, 5.74) is 7.08. The maximum Gasteiger partial charge on any atom is 0.220 e. The number of hydrogen-bond donors (Lipinski definition) is 2. The Bertz CT molecular complexity index is 348. The molecule has 1 unspecified atom stereocenters. The lowest BCUT2D eigenvalue weighted by molar-refractivity contribution is -0.121. The summed E-state index contributed by atoms with van der Waals surface area (Å²) >= 11 is 0. The first-order valence-corrected chi connectivity index (χ1v) is 5.92. The fourth-order valence-electron chi connectivity index (χ4n) is 1.56. The van der Waals surface area contributed by atoms with Gasteiger partial charge in [-0.05, 0) is 18.4 Å². The van der Waals surface area contributed by atoms with Crippen molar-refractivity contribution in [3.8, 4) is 0 Å². The molecule has 1 rings (SSSR count). The highest BCUT2D eigenvalue weighted by molar-refractivity contribution is 5.75. The maximum atomic E-state index is 11.5. The molecule has 1 aromatic rings. The Kier molecular flexibility index (Phi) is 6.04. The van der Waals surface area contributed by atoms with E-state index < -0.39 is 0 Å². The van der Waals surface area contributed by atoms with E-state index in [-0.39, 0.29) is 11.9 Å². The van der Waals surface area contributed by atoms with E-state index in [1.54, 1.807) is 6.08 Å². The Morgan fingerprint density at radius 3 is 2.76 bits per heavy atom. The predicted molar refractivity (Wildman–Crippen MR) is 70.4 cm³/mol. The van der Waals surface area contributed by atoms with Crippen LogP contribution < -0.4 is 11.1 Å². The van der Waals surface area contributed by atoms with Gasteiger partial charge in [-0.15, -0.1) is 6.58 Å². The molecule has 0 fully saturated rings. The molecule has 0 heterocycles. The van der Waals surface area contributed by atoms with Gasteiger partial charge in [-0.3, -0.25) is 4.79 Å². The third-order valence-corrected chi connectivity index (χ3v) is 2.58. The molecule has 0 radical (unpaired) electrons. The van der Waals surface area contributed by atoms with Gasteiger partial charge in [0, 0.05) is 19.0 Å². The molecule has 0 aromatic heterocycles. The molecule has 1 amide bonds. The standard InChI is InChI=1S/C14H20N2O/c1-2-3-11-16-14(17)10-9-13(15)12-7-5-4-6-8-12/h2,4-8,13H,1,3,9-11,15H2,(H,16,17). The summed E-state index contributed by atoms with van der Waals surface area (Å²) in [5, 5.41) is 2.82. The number of carbonyl (C=O) groups excluding carboxylic acids is 1. The van der Waals surface area contributed by atoms with E-state index in [9.17, 15) is 4.79 Å². The van der Waals surface area contributed by atoms with E-state index >= 15 is 0 Å². The molecule has 0 bridgehead atoms. The third kappa shape index (κ3) is 5.31. The van der Waals surface area contributed by atoms with E-state index in [1.807, 2.05) is 30.3 Å². The van der Waals surface area contributed by atoms with Crippen LogP contribution in [0.3, 0.4) is 0 Å². The van der Waals surface area contributed by atoms with Gasteiger partial charge in [0.1, 0.15) is 0 Å². The summed E-state index contributed by atoms with van der Waals surface area (Å²) in [4.78, 5) is 11.5. The van der Waals surface area contributed by atoms with Crippen LogP contribution >= 0.6 is 0 Å². The lowest BCUT2D eigenvalue weighted by Crippen LogP contribution is -2.25. The first kappa shape index (κ1) is 13.5. The molecule has 3 nitrogen and oxygen atoms in total. The molecule has 0 aliphatic rings. The molecular formula is C14H20N2O. The summed E-state index contributed by atoms with van der Waals surface area (Å²) in [6.45, 7) is 4.26. The Balaban J connectivity index is 2.26. The fraction of sp³-hybridized carbons (Fsp3) is 0.357. The topological polar surface area (TPSA) is 55.1 Å². The first-order chi connectivity index (χ1) is 8.24. The van der Waals surface area contributed by atoms with E-state index in [2.05, 4.69) is 11.9 Å². The van der Waals surface area contributed by atoms with Crippen molar-refractivity contribution in [3.63, 3.8) is 0 Å². The summed E-state index contributed by atoms with van der Waals surface area (Å²) in [5.74, 6) is 0.0539. The number of carbonyl (C=O) groups is 1. The molecule has 0 aliphatic carbocycles. The van der Waals surface area contributed by atoms with Gasteiger partial charge in [0.25, 0.3) is 0 Å². The minimum absolute atomic E-state index is 0.0539. The fourth-order valence-corrected chi connectivity index (χ4v) is 1.56. The molecule has 0 saturated carbocycles. The van der Waals surface area contributed by atoms with Gasteiger partial charge in [-0.1, -0.05) is 36.4 Å². The molecule has 17 heavy (non-hydrogen) atoms. The molecule has 0 spiro atoms. The molecule has 3 heteroatoms. The SMILES string of the molecule is C=CCCNC(=O)CCC(N)c1ccccc1. The summed E-state index contributed by atoms with van der Waals surface area (Å²) in [7, 11) is 0. The van der Waals surface area contributed by atoms with Crippen LogP contribution in [0.15, 0.2) is 43.0 Å². The number of nitrogens with two attached hydrogens (primary N) is 1. The smallest absolute Gasteiger partial charge is 0.220 e. The zero-order valence-corrected chi connectivity index (χ0v) is 10.1. The Morgan fingerprint density at radius 2 is 2.12 bits per heavy atom. The average molecular weight is 232 g/mol. The van der Waals surface area contributed by atoms with Crippen molar-refractivity contribution in [2.75, 3.05) is 6.54 Å². The number of amides is 1. The van der Waals surface area contributed by atoms with Crippen molar-refractivity contribution in [1.29, 1.82) is 0 Å². The van der Waals surface area contributed by atoms with E-state index in [4.69, 9.17) is 5.73 Å². The Labute approximate surface area is 103 Å². The molecular weight excluding hydrogens is 212 g/mol. The molecule has 1 aromatic carbocycles. The van der Waals surface area contributed by atoms with Crippen molar-refractivity contribution >= 4 is 5.91 Å². The Morgan fingerprint density at radius 1 is 1.41 bits per heavy atom. The van der Waals surface area contributed by atoms with Gasteiger partial charge < -0.3 is 11.1 Å². The molecule has 92 valence electrons. The quantitative estimate of drug-likeness (QED) is 0.559. The second-order valence-electron chi connectivity index (χ2n) is 3.98. The molecule has 0 saturated heterocycles. The number of rotatable bonds is 7. The van der Waals surface area contributed by atoms with Gasteiger partial charge >= 0.3 is 0 Å².